The zero-order chi connectivity index (χ0) is 15.5. The van der Waals surface area contributed by atoms with E-state index in [1.165, 1.54) is 12.8 Å². The molecule has 0 spiro atoms. The van der Waals surface area contributed by atoms with Gasteiger partial charge in [0.1, 0.15) is 0 Å². The van der Waals surface area contributed by atoms with E-state index in [1.807, 2.05) is 4.90 Å². The smallest absolute Gasteiger partial charge is 0.227 e. The topological polar surface area (TPSA) is 40.6 Å². The predicted molar refractivity (Wildman–Crippen MR) is 86.3 cm³/mol. The molecule has 0 N–H and O–H groups in total. The van der Waals surface area contributed by atoms with Crippen molar-refractivity contribution in [2.45, 2.75) is 70.8 Å². The third-order valence-corrected chi connectivity index (χ3v) is 5.64. The second-order valence-corrected chi connectivity index (χ2v) is 7.34. The van der Waals surface area contributed by atoms with E-state index in [2.05, 4.69) is 11.8 Å². The highest BCUT2D eigenvalue weighted by Gasteiger charge is 2.38. The molecule has 2 amide bonds. The zero-order valence-corrected chi connectivity index (χ0v) is 13.9. The van der Waals surface area contributed by atoms with Crippen LogP contribution in [0.3, 0.4) is 0 Å². The molecule has 1 saturated carbocycles. The van der Waals surface area contributed by atoms with Crippen LogP contribution in [0.5, 0.6) is 0 Å². The minimum absolute atomic E-state index is 0.0450. The van der Waals surface area contributed by atoms with E-state index in [4.69, 9.17) is 0 Å². The van der Waals surface area contributed by atoms with Crippen molar-refractivity contribution in [2.75, 3.05) is 19.6 Å². The molecule has 1 aliphatic carbocycles. The van der Waals surface area contributed by atoms with Crippen molar-refractivity contribution < 1.29 is 9.59 Å². The fourth-order valence-corrected chi connectivity index (χ4v) is 4.09. The van der Waals surface area contributed by atoms with Gasteiger partial charge in [-0.15, -0.1) is 0 Å². The molecule has 2 heterocycles. The van der Waals surface area contributed by atoms with Crippen molar-refractivity contribution in [3.63, 3.8) is 0 Å². The van der Waals surface area contributed by atoms with E-state index in [0.29, 0.717) is 24.4 Å². The third-order valence-electron chi connectivity index (χ3n) is 5.64. The molecule has 0 aromatic carbocycles. The molecule has 2 unspecified atom stereocenters. The summed E-state index contributed by atoms with van der Waals surface area (Å²) in [7, 11) is 0. The maximum absolute atomic E-state index is 13.0. The van der Waals surface area contributed by atoms with E-state index in [9.17, 15) is 9.59 Å². The van der Waals surface area contributed by atoms with Gasteiger partial charge in [0.2, 0.25) is 11.8 Å². The molecule has 4 heteroatoms. The lowest BCUT2D eigenvalue weighted by Crippen LogP contribution is -2.49. The van der Waals surface area contributed by atoms with Crippen LogP contribution in [0.15, 0.2) is 0 Å². The number of hydrogen-bond donors (Lipinski definition) is 0. The summed E-state index contributed by atoms with van der Waals surface area (Å²) >= 11 is 0. The summed E-state index contributed by atoms with van der Waals surface area (Å²) in [4.78, 5) is 29.4. The van der Waals surface area contributed by atoms with Crippen LogP contribution < -0.4 is 0 Å². The van der Waals surface area contributed by atoms with Crippen molar-refractivity contribution >= 4 is 11.8 Å². The summed E-state index contributed by atoms with van der Waals surface area (Å²) in [5.74, 6) is 0.946. The monoisotopic (exact) mass is 306 g/mol. The Morgan fingerprint density at radius 1 is 0.864 bits per heavy atom. The van der Waals surface area contributed by atoms with Crippen molar-refractivity contribution in [1.82, 2.24) is 9.80 Å². The molecule has 2 saturated heterocycles. The number of piperidine rings is 1. The summed E-state index contributed by atoms with van der Waals surface area (Å²) < 4.78 is 0. The fraction of sp³-hybridized carbons (Fsp3) is 0.889. The van der Waals surface area contributed by atoms with Gasteiger partial charge in [-0.2, -0.15) is 0 Å². The van der Waals surface area contributed by atoms with Gasteiger partial charge in [0.25, 0.3) is 0 Å². The number of carbonyl (C=O) groups excluding carboxylic acids is 2. The lowest BCUT2D eigenvalue weighted by atomic mass is 9.95. The highest BCUT2D eigenvalue weighted by molar-refractivity contribution is 5.83. The molecule has 22 heavy (non-hydrogen) atoms. The second-order valence-electron chi connectivity index (χ2n) is 7.34. The average Bonchev–Trinajstić information content (AvgIpc) is 3.39. The standard InChI is InChI=1S/C18H30N2O2/c1-2-16-8-4-3-5-12-20(16)18(22)15-7-6-11-19(13-15)17(21)14-9-10-14/h14-16H,2-13H2,1H3. The lowest BCUT2D eigenvalue weighted by molar-refractivity contribution is -0.143. The molecule has 4 nitrogen and oxygen atoms in total. The number of nitrogens with zero attached hydrogens (tertiary/aromatic N) is 2. The van der Waals surface area contributed by atoms with Gasteiger partial charge >= 0.3 is 0 Å². The molecule has 3 aliphatic rings. The SMILES string of the molecule is CCC1CCCCCN1C(=O)C1CCCN(C(=O)C2CC2)C1. The molecular weight excluding hydrogens is 276 g/mol. The molecule has 2 atom stereocenters. The van der Waals surface area contributed by atoms with E-state index in [0.717, 1.165) is 58.0 Å². The summed E-state index contributed by atoms with van der Waals surface area (Å²) in [6.07, 6.45) is 9.90. The summed E-state index contributed by atoms with van der Waals surface area (Å²) in [5, 5.41) is 0. The summed E-state index contributed by atoms with van der Waals surface area (Å²) in [6.45, 7) is 4.64. The van der Waals surface area contributed by atoms with Crippen LogP contribution >= 0.6 is 0 Å². The summed E-state index contributed by atoms with van der Waals surface area (Å²) in [6, 6.07) is 0.421. The van der Waals surface area contributed by atoms with Crippen LogP contribution in [0, 0.1) is 11.8 Å². The largest absolute Gasteiger partial charge is 0.342 e. The Morgan fingerprint density at radius 3 is 2.41 bits per heavy atom. The second kappa shape index (κ2) is 7.01. The van der Waals surface area contributed by atoms with Crippen LogP contribution in [0.1, 0.15) is 64.7 Å². The molecule has 2 aliphatic heterocycles. The fourth-order valence-electron chi connectivity index (χ4n) is 4.09. The highest BCUT2D eigenvalue weighted by Crippen LogP contribution is 2.33. The van der Waals surface area contributed by atoms with Crippen LogP contribution in [-0.4, -0.2) is 47.3 Å². The minimum Gasteiger partial charge on any atom is -0.342 e. The van der Waals surface area contributed by atoms with Gasteiger partial charge in [0.15, 0.2) is 0 Å². The molecule has 0 radical (unpaired) electrons. The maximum Gasteiger partial charge on any atom is 0.227 e. The first-order chi connectivity index (χ1) is 10.7. The molecule has 0 aromatic heterocycles. The average molecular weight is 306 g/mol. The van der Waals surface area contributed by atoms with Gasteiger partial charge in [-0.3, -0.25) is 9.59 Å². The number of rotatable bonds is 3. The van der Waals surface area contributed by atoms with Crippen molar-refractivity contribution in [2.24, 2.45) is 11.8 Å². The Labute approximate surface area is 134 Å². The number of likely N-dealkylation sites (tertiary alicyclic amines) is 2. The molecule has 124 valence electrons. The van der Waals surface area contributed by atoms with Gasteiger partial charge in [-0.05, 0) is 44.9 Å². The molecule has 3 rings (SSSR count). The van der Waals surface area contributed by atoms with E-state index in [-0.39, 0.29) is 11.8 Å². The number of amides is 2. The van der Waals surface area contributed by atoms with Crippen LogP contribution in [0.25, 0.3) is 0 Å². The lowest BCUT2D eigenvalue weighted by Gasteiger charge is -2.37. The first-order valence-corrected chi connectivity index (χ1v) is 9.30. The van der Waals surface area contributed by atoms with Crippen LogP contribution in [0.2, 0.25) is 0 Å². The summed E-state index contributed by atoms with van der Waals surface area (Å²) in [5.41, 5.74) is 0. The normalized spacial score (nSPS) is 30.0. The Hall–Kier alpha value is -1.06. The molecule has 0 bridgehead atoms. The van der Waals surface area contributed by atoms with Crippen molar-refractivity contribution in [3.05, 3.63) is 0 Å². The van der Waals surface area contributed by atoms with Crippen LogP contribution in [-0.2, 0) is 9.59 Å². The Balaban J connectivity index is 1.63. The molecular formula is C18H30N2O2. The number of hydrogen-bond acceptors (Lipinski definition) is 2. The Kier molecular flexibility index (Phi) is 5.04. The third kappa shape index (κ3) is 3.47. The first kappa shape index (κ1) is 15.8. The highest BCUT2D eigenvalue weighted by atomic mass is 16.2. The predicted octanol–water partition coefficient (Wildman–Crippen LogP) is 2.82. The molecule has 3 fully saturated rings. The minimum atomic E-state index is 0.0450. The van der Waals surface area contributed by atoms with E-state index >= 15 is 0 Å². The van der Waals surface area contributed by atoms with Crippen molar-refractivity contribution in [1.29, 1.82) is 0 Å². The van der Waals surface area contributed by atoms with Gasteiger partial charge in [0, 0.05) is 31.6 Å². The zero-order valence-electron chi connectivity index (χ0n) is 13.9. The van der Waals surface area contributed by atoms with E-state index in [1.54, 1.807) is 0 Å². The van der Waals surface area contributed by atoms with Gasteiger partial charge in [0.05, 0.1) is 5.92 Å². The maximum atomic E-state index is 13.0. The number of carbonyl (C=O) groups is 2. The van der Waals surface area contributed by atoms with Crippen molar-refractivity contribution in [3.8, 4) is 0 Å². The molecule has 0 aromatic rings. The first-order valence-electron chi connectivity index (χ1n) is 9.30. The van der Waals surface area contributed by atoms with Crippen LogP contribution in [0.4, 0.5) is 0 Å². The Morgan fingerprint density at radius 2 is 1.68 bits per heavy atom. The van der Waals surface area contributed by atoms with E-state index < -0.39 is 0 Å². The Bertz CT molecular complexity index is 419. The quantitative estimate of drug-likeness (QED) is 0.804. The van der Waals surface area contributed by atoms with Gasteiger partial charge in [-0.25, -0.2) is 0 Å². The van der Waals surface area contributed by atoms with Gasteiger partial charge in [-0.1, -0.05) is 19.8 Å². The van der Waals surface area contributed by atoms with Gasteiger partial charge < -0.3 is 9.80 Å².